The number of carbonyl (C=O) groups is 1. The van der Waals surface area contributed by atoms with E-state index in [4.69, 9.17) is 16.3 Å². The number of aromatic nitrogens is 1. The van der Waals surface area contributed by atoms with E-state index in [-0.39, 0.29) is 18.1 Å². The monoisotopic (exact) mass is 341 g/mol. The van der Waals surface area contributed by atoms with Crippen LogP contribution in [0.1, 0.15) is 22.9 Å². The molecule has 4 rings (SSSR count). The summed E-state index contributed by atoms with van der Waals surface area (Å²) < 4.78 is 4.99. The Balaban J connectivity index is 1.90. The highest BCUT2D eigenvalue weighted by atomic mass is 35.5. The summed E-state index contributed by atoms with van der Waals surface area (Å²) in [4.78, 5) is 15.7. The molecule has 2 atom stereocenters. The Morgan fingerprint density at radius 2 is 1.96 bits per heavy atom. The number of rotatable bonds is 2. The standard InChI is InChI=1S/C19H17ClN2O2/c1-24-19(23)16-10-13-11-6-3-5-9-15(11)21-18(13)17(22-16)12-7-2-4-8-14(12)20/h2-9,16-17,21-22H,10H2,1H3/p+1/t16-,17+/m1/s1. The fourth-order valence-electron chi connectivity index (χ4n) is 3.62. The van der Waals surface area contributed by atoms with Gasteiger partial charge in [0.05, 0.1) is 17.8 Å². The third-order valence-electron chi connectivity index (χ3n) is 4.75. The van der Waals surface area contributed by atoms with Crippen molar-refractivity contribution in [3.63, 3.8) is 0 Å². The minimum atomic E-state index is -0.275. The molecule has 0 unspecified atom stereocenters. The third-order valence-corrected chi connectivity index (χ3v) is 5.09. The van der Waals surface area contributed by atoms with Gasteiger partial charge in [-0.3, -0.25) is 0 Å². The molecule has 122 valence electrons. The number of esters is 1. The number of nitrogens with two attached hydrogens (primary N) is 1. The number of benzene rings is 2. The van der Waals surface area contributed by atoms with Gasteiger partial charge in [0.2, 0.25) is 0 Å². The Bertz CT molecular complexity index is 919. The molecule has 3 aromatic rings. The van der Waals surface area contributed by atoms with Crippen LogP contribution in [-0.4, -0.2) is 24.1 Å². The van der Waals surface area contributed by atoms with E-state index >= 15 is 0 Å². The Morgan fingerprint density at radius 3 is 2.75 bits per heavy atom. The van der Waals surface area contributed by atoms with Gasteiger partial charge >= 0.3 is 5.97 Å². The number of para-hydroxylation sites is 1. The third kappa shape index (κ3) is 2.39. The fraction of sp³-hybridized carbons (Fsp3) is 0.211. The van der Waals surface area contributed by atoms with Gasteiger partial charge in [0.1, 0.15) is 0 Å². The van der Waals surface area contributed by atoms with Crippen LogP contribution in [0.5, 0.6) is 0 Å². The normalized spacial score (nSPS) is 19.9. The number of hydrogen-bond donors (Lipinski definition) is 2. The van der Waals surface area contributed by atoms with Gasteiger partial charge in [0, 0.05) is 22.9 Å². The summed E-state index contributed by atoms with van der Waals surface area (Å²) in [5.41, 5.74) is 4.37. The summed E-state index contributed by atoms with van der Waals surface area (Å²) in [6.07, 6.45) is 0.646. The molecule has 0 aliphatic carbocycles. The minimum absolute atomic E-state index is 0.0565. The first-order valence-electron chi connectivity index (χ1n) is 7.95. The van der Waals surface area contributed by atoms with E-state index in [1.165, 1.54) is 12.7 Å². The molecule has 24 heavy (non-hydrogen) atoms. The molecule has 0 bridgehead atoms. The quantitative estimate of drug-likeness (QED) is 0.704. The fourth-order valence-corrected chi connectivity index (χ4v) is 3.88. The zero-order chi connectivity index (χ0) is 16.7. The molecule has 2 heterocycles. The smallest absolute Gasteiger partial charge is 0.364 e. The zero-order valence-electron chi connectivity index (χ0n) is 13.3. The molecule has 0 amide bonds. The van der Waals surface area contributed by atoms with Gasteiger partial charge in [-0.15, -0.1) is 0 Å². The van der Waals surface area contributed by atoms with Crippen molar-refractivity contribution in [2.75, 3.05) is 7.11 Å². The van der Waals surface area contributed by atoms with Gasteiger partial charge in [0.15, 0.2) is 12.1 Å². The lowest BCUT2D eigenvalue weighted by Crippen LogP contribution is -2.94. The van der Waals surface area contributed by atoms with E-state index in [2.05, 4.69) is 17.1 Å². The van der Waals surface area contributed by atoms with Crippen LogP contribution in [0.3, 0.4) is 0 Å². The number of methoxy groups -OCH3 is 1. The van der Waals surface area contributed by atoms with Crippen LogP contribution in [0.2, 0.25) is 5.02 Å². The van der Waals surface area contributed by atoms with E-state index in [0.29, 0.717) is 11.4 Å². The van der Waals surface area contributed by atoms with E-state index in [1.807, 2.05) is 41.7 Å². The van der Waals surface area contributed by atoms with E-state index in [9.17, 15) is 4.79 Å². The molecule has 0 spiro atoms. The summed E-state index contributed by atoms with van der Waals surface area (Å²) in [6.45, 7) is 0. The number of nitrogens with one attached hydrogen (secondary N) is 1. The largest absolute Gasteiger partial charge is 0.465 e. The van der Waals surface area contributed by atoms with Gasteiger partial charge in [-0.2, -0.15) is 0 Å². The molecule has 0 fully saturated rings. The SMILES string of the molecule is COC(=O)[C@H]1Cc2c([nH]c3ccccc23)[C@H](c2ccccc2Cl)[NH2+]1. The average molecular weight is 342 g/mol. The van der Waals surface area contributed by atoms with Crippen LogP contribution in [-0.2, 0) is 16.0 Å². The first-order chi connectivity index (χ1) is 11.7. The molecule has 0 radical (unpaired) electrons. The van der Waals surface area contributed by atoms with Gasteiger partial charge < -0.3 is 15.0 Å². The van der Waals surface area contributed by atoms with E-state index < -0.39 is 0 Å². The second kappa shape index (κ2) is 5.96. The molecular weight excluding hydrogens is 324 g/mol. The molecule has 0 saturated heterocycles. The Hall–Kier alpha value is -2.30. The number of ether oxygens (including phenoxy) is 1. The van der Waals surface area contributed by atoms with Crippen LogP contribution in [0.25, 0.3) is 10.9 Å². The minimum Gasteiger partial charge on any atom is -0.465 e. The van der Waals surface area contributed by atoms with Crippen molar-refractivity contribution < 1.29 is 14.8 Å². The van der Waals surface area contributed by atoms with E-state index in [0.717, 1.165) is 22.2 Å². The van der Waals surface area contributed by atoms with Crippen molar-refractivity contribution in [3.05, 3.63) is 70.4 Å². The van der Waals surface area contributed by atoms with Crippen molar-refractivity contribution >= 4 is 28.5 Å². The predicted molar refractivity (Wildman–Crippen MR) is 93.0 cm³/mol. The van der Waals surface area contributed by atoms with Crippen LogP contribution in [0, 0.1) is 0 Å². The molecule has 5 heteroatoms. The first-order valence-corrected chi connectivity index (χ1v) is 8.33. The number of fused-ring (bicyclic) bond motifs is 3. The summed E-state index contributed by atoms with van der Waals surface area (Å²) in [5.74, 6) is -0.206. The molecule has 2 aromatic carbocycles. The van der Waals surface area contributed by atoms with Gasteiger partial charge in [-0.05, 0) is 17.7 Å². The second-order valence-corrected chi connectivity index (χ2v) is 6.50. The van der Waals surface area contributed by atoms with Crippen molar-refractivity contribution in [1.29, 1.82) is 0 Å². The number of aromatic amines is 1. The van der Waals surface area contributed by atoms with Crippen LogP contribution < -0.4 is 5.32 Å². The van der Waals surface area contributed by atoms with Crippen molar-refractivity contribution in [2.45, 2.75) is 18.5 Å². The average Bonchev–Trinajstić information content (AvgIpc) is 2.99. The molecule has 4 nitrogen and oxygen atoms in total. The Labute approximate surface area is 144 Å². The summed E-state index contributed by atoms with van der Waals surface area (Å²) in [6, 6.07) is 15.6. The van der Waals surface area contributed by atoms with E-state index in [1.54, 1.807) is 0 Å². The highest BCUT2D eigenvalue weighted by molar-refractivity contribution is 6.31. The lowest BCUT2D eigenvalue weighted by molar-refractivity contribution is -0.712. The maximum Gasteiger partial charge on any atom is 0.364 e. The topological polar surface area (TPSA) is 58.7 Å². The molecule has 1 aliphatic rings. The van der Waals surface area contributed by atoms with Gasteiger partial charge in [-0.1, -0.05) is 48.0 Å². The summed E-state index contributed by atoms with van der Waals surface area (Å²) >= 11 is 6.43. The number of hydrogen-bond acceptors (Lipinski definition) is 2. The van der Waals surface area contributed by atoms with Crippen LogP contribution in [0.4, 0.5) is 0 Å². The lowest BCUT2D eigenvalue weighted by Gasteiger charge is -2.27. The molecule has 3 N–H and O–H groups in total. The van der Waals surface area contributed by atoms with Crippen LogP contribution >= 0.6 is 11.6 Å². The lowest BCUT2D eigenvalue weighted by atomic mass is 9.90. The maximum atomic E-state index is 12.2. The Morgan fingerprint density at radius 1 is 1.21 bits per heavy atom. The number of quaternary nitrogens is 1. The number of H-pyrrole nitrogens is 1. The Kier molecular flexibility index (Phi) is 3.79. The predicted octanol–water partition coefficient (Wildman–Crippen LogP) is 2.57. The molecule has 0 saturated carbocycles. The highest BCUT2D eigenvalue weighted by Crippen LogP contribution is 2.34. The summed E-state index contributed by atoms with van der Waals surface area (Å²) in [5, 5.41) is 3.91. The number of halogens is 1. The zero-order valence-corrected chi connectivity index (χ0v) is 14.0. The maximum absolute atomic E-state index is 12.2. The van der Waals surface area contributed by atoms with Gasteiger partial charge in [0.25, 0.3) is 0 Å². The molecule has 1 aliphatic heterocycles. The van der Waals surface area contributed by atoms with Crippen LogP contribution in [0.15, 0.2) is 48.5 Å². The van der Waals surface area contributed by atoms with Crippen molar-refractivity contribution in [3.8, 4) is 0 Å². The highest BCUT2D eigenvalue weighted by Gasteiger charge is 2.38. The van der Waals surface area contributed by atoms with Gasteiger partial charge in [-0.25, -0.2) is 4.79 Å². The second-order valence-electron chi connectivity index (χ2n) is 6.09. The number of carbonyl (C=O) groups excluding carboxylic acids is 1. The summed E-state index contributed by atoms with van der Waals surface area (Å²) in [7, 11) is 1.44. The first kappa shape index (κ1) is 15.2. The van der Waals surface area contributed by atoms with Crippen molar-refractivity contribution in [2.24, 2.45) is 0 Å². The van der Waals surface area contributed by atoms with Crippen molar-refractivity contribution in [1.82, 2.24) is 4.98 Å². The molecule has 1 aromatic heterocycles. The molecular formula is C19H18ClN2O2+.